The minimum atomic E-state index is -0.955. The number of para-hydroxylation sites is 1. The lowest BCUT2D eigenvalue weighted by molar-refractivity contribution is 0.0690. The Kier molecular flexibility index (Phi) is 5.30. The Morgan fingerprint density at radius 3 is 2.59 bits per heavy atom. The van der Waals surface area contributed by atoms with Gasteiger partial charge in [-0.2, -0.15) is 0 Å². The van der Waals surface area contributed by atoms with E-state index in [1.54, 1.807) is 12.4 Å². The first-order valence-electron chi connectivity index (χ1n) is 10.6. The summed E-state index contributed by atoms with van der Waals surface area (Å²) in [6.45, 7) is 0.502. The summed E-state index contributed by atoms with van der Waals surface area (Å²) in [6.07, 6.45) is 4.81. The third-order valence-corrected chi connectivity index (χ3v) is 5.71. The molecule has 5 rings (SSSR count). The predicted octanol–water partition coefficient (Wildman–Crippen LogP) is 6.09. The second-order valence-corrected chi connectivity index (χ2v) is 7.68. The number of nitrogens with one attached hydrogen (secondary N) is 1. The van der Waals surface area contributed by atoms with E-state index in [1.807, 2.05) is 60.7 Å². The molecule has 0 saturated carbocycles. The van der Waals surface area contributed by atoms with Crippen LogP contribution in [0.15, 0.2) is 85.2 Å². The van der Waals surface area contributed by atoms with Crippen LogP contribution < -0.4 is 4.74 Å². The van der Waals surface area contributed by atoms with Gasteiger partial charge >= 0.3 is 5.97 Å². The standard InChI is InChI=1S/C27H22N2O3/c30-27(31)26-23(13-6-16-32-24-14-3-8-18-7-1-2-10-20(18)24)22-12-4-11-21(25(22)29-26)19-9-5-15-28-17-19/h1-5,7-12,14-15,17,29H,6,13,16H2,(H,30,31). The van der Waals surface area contributed by atoms with Crippen LogP contribution >= 0.6 is 0 Å². The van der Waals surface area contributed by atoms with E-state index >= 15 is 0 Å². The number of carboxylic acid groups (broad SMARTS) is 1. The van der Waals surface area contributed by atoms with Crippen LogP contribution in [0.3, 0.4) is 0 Å². The molecule has 2 N–H and O–H groups in total. The molecule has 0 aliphatic carbocycles. The van der Waals surface area contributed by atoms with Gasteiger partial charge in [0.2, 0.25) is 0 Å². The Hall–Kier alpha value is -4.12. The molecule has 0 unspecified atom stereocenters. The van der Waals surface area contributed by atoms with Crippen LogP contribution in [0.4, 0.5) is 0 Å². The smallest absolute Gasteiger partial charge is 0.352 e. The number of pyridine rings is 1. The highest BCUT2D eigenvalue weighted by molar-refractivity contribution is 6.02. The van der Waals surface area contributed by atoms with Gasteiger partial charge in [-0.1, -0.05) is 60.7 Å². The molecule has 5 heteroatoms. The minimum absolute atomic E-state index is 0.238. The molecule has 3 aromatic carbocycles. The molecule has 0 saturated heterocycles. The molecule has 0 amide bonds. The number of carbonyl (C=O) groups is 1. The van der Waals surface area contributed by atoms with E-state index in [-0.39, 0.29) is 5.69 Å². The van der Waals surface area contributed by atoms with Crippen LogP contribution in [-0.4, -0.2) is 27.7 Å². The molecule has 0 radical (unpaired) electrons. The number of ether oxygens (including phenoxy) is 1. The summed E-state index contributed by atoms with van der Waals surface area (Å²) < 4.78 is 6.06. The van der Waals surface area contributed by atoms with Gasteiger partial charge in [0, 0.05) is 34.3 Å². The summed E-state index contributed by atoms with van der Waals surface area (Å²) in [5.41, 5.74) is 3.75. The molecule has 2 heterocycles. The van der Waals surface area contributed by atoms with Crippen molar-refractivity contribution in [3.63, 3.8) is 0 Å². The Morgan fingerprint density at radius 1 is 0.938 bits per heavy atom. The average molecular weight is 422 g/mol. The lowest BCUT2D eigenvalue weighted by atomic mass is 10.0. The fraction of sp³-hybridized carbons (Fsp3) is 0.111. The van der Waals surface area contributed by atoms with Gasteiger partial charge in [0.05, 0.1) is 12.1 Å². The minimum Gasteiger partial charge on any atom is -0.493 e. The summed E-state index contributed by atoms with van der Waals surface area (Å²) in [7, 11) is 0. The largest absolute Gasteiger partial charge is 0.493 e. The Bertz CT molecular complexity index is 1400. The SMILES string of the molecule is O=C(O)c1[nH]c2c(-c3cccnc3)cccc2c1CCCOc1cccc2ccccc12. The molecule has 0 aliphatic rings. The van der Waals surface area contributed by atoms with Gasteiger partial charge in [-0.3, -0.25) is 4.98 Å². The second-order valence-electron chi connectivity index (χ2n) is 7.68. The highest BCUT2D eigenvalue weighted by Crippen LogP contribution is 2.32. The van der Waals surface area contributed by atoms with Gasteiger partial charge < -0.3 is 14.8 Å². The van der Waals surface area contributed by atoms with Crippen molar-refractivity contribution in [2.45, 2.75) is 12.8 Å². The molecule has 0 spiro atoms. The zero-order valence-corrected chi connectivity index (χ0v) is 17.4. The molecule has 0 aliphatic heterocycles. The molecular formula is C27H22N2O3. The Labute approximate surface area is 185 Å². The molecule has 158 valence electrons. The van der Waals surface area contributed by atoms with E-state index in [4.69, 9.17) is 4.74 Å². The molecule has 5 aromatic rings. The van der Waals surface area contributed by atoms with Gasteiger partial charge in [-0.25, -0.2) is 4.79 Å². The van der Waals surface area contributed by atoms with Crippen molar-refractivity contribution >= 4 is 27.6 Å². The van der Waals surface area contributed by atoms with Gasteiger partial charge in [-0.15, -0.1) is 0 Å². The summed E-state index contributed by atoms with van der Waals surface area (Å²) in [5, 5.41) is 12.9. The van der Waals surface area contributed by atoms with Crippen LogP contribution in [0.25, 0.3) is 32.8 Å². The number of H-pyrrole nitrogens is 1. The summed E-state index contributed by atoms with van der Waals surface area (Å²) in [4.78, 5) is 19.3. The van der Waals surface area contributed by atoms with Crippen molar-refractivity contribution in [3.05, 3.63) is 96.4 Å². The van der Waals surface area contributed by atoms with E-state index in [1.165, 1.54) is 0 Å². The number of nitrogens with zero attached hydrogens (tertiary/aromatic N) is 1. The number of hydrogen-bond donors (Lipinski definition) is 2. The molecule has 0 atom stereocenters. The Balaban J connectivity index is 1.40. The number of aromatic amines is 1. The van der Waals surface area contributed by atoms with Gasteiger partial charge in [0.25, 0.3) is 0 Å². The lowest BCUT2D eigenvalue weighted by Crippen LogP contribution is -2.04. The van der Waals surface area contributed by atoms with Crippen LogP contribution in [0.5, 0.6) is 5.75 Å². The molecule has 0 fully saturated rings. The maximum atomic E-state index is 12.0. The fourth-order valence-corrected chi connectivity index (χ4v) is 4.23. The number of fused-ring (bicyclic) bond motifs is 2. The van der Waals surface area contributed by atoms with Crippen molar-refractivity contribution in [2.24, 2.45) is 0 Å². The number of hydrogen-bond acceptors (Lipinski definition) is 3. The summed E-state index contributed by atoms with van der Waals surface area (Å²) in [5.74, 6) is -0.109. The normalized spacial score (nSPS) is 11.1. The summed E-state index contributed by atoms with van der Waals surface area (Å²) >= 11 is 0. The topological polar surface area (TPSA) is 75.2 Å². The first-order valence-corrected chi connectivity index (χ1v) is 10.6. The van der Waals surface area contributed by atoms with E-state index in [0.717, 1.165) is 44.1 Å². The van der Waals surface area contributed by atoms with Crippen molar-refractivity contribution in [1.29, 1.82) is 0 Å². The number of aromatic carboxylic acids is 1. The van der Waals surface area contributed by atoms with Crippen molar-refractivity contribution in [3.8, 4) is 16.9 Å². The van der Waals surface area contributed by atoms with Crippen LogP contribution in [0.2, 0.25) is 0 Å². The molecule has 5 nitrogen and oxygen atoms in total. The van der Waals surface area contributed by atoms with E-state index in [0.29, 0.717) is 19.4 Å². The third kappa shape index (κ3) is 3.69. The average Bonchev–Trinajstić information content (AvgIpc) is 3.21. The third-order valence-electron chi connectivity index (χ3n) is 5.71. The fourth-order valence-electron chi connectivity index (χ4n) is 4.23. The number of aryl methyl sites for hydroxylation is 1. The van der Waals surface area contributed by atoms with Crippen molar-refractivity contribution in [2.75, 3.05) is 6.61 Å². The van der Waals surface area contributed by atoms with Crippen LogP contribution in [0.1, 0.15) is 22.5 Å². The highest BCUT2D eigenvalue weighted by atomic mass is 16.5. The lowest BCUT2D eigenvalue weighted by Gasteiger charge is -2.09. The second kappa shape index (κ2) is 8.55. The molecular weight excluding hydrogens is 400 g/mol. The predicted molar refractivity (Wildman–Crippen MR) is 126 cm³/mol. The number of rotatable bonds is 7. The number of carboxylic acids is 1. The molecule has 2 aromatic heterocycles. The quantitative estimate of drug-likeness (QED) is 0.311. The first-order chi connectivity index (χ1) is 15.7. The Morgan fingerprint density at radius 2 is 1.75 bits per heavy atom. The van der Waals surface area contributed by atoms with E-state index in [2.05, 4.69) is 22.1 Å². The molecule has 0 bridgehead atoms. The van der Waals surface area contributed by atoms with E-state index < -0.39 is 5.97 Å². The van der Waals surface area contributed by atoms with E-state index in [9.17, 15) is 9.90 Å². The van der Waals surface area contributed by atoms with Crippen molar-refractivity contribution < 1.29 is 14.6 Å². The van der Waals surface area contributed by atoms with Gasteiger partial charge in [0.1, 0.15) is 11.4 Å². The summed E-state index contributed by atoms with van der Waals surface area (Å²) in [6, 6.07) is 23.9. The monoisotopic (exact) mass is 422 g/mol. The zero-order valence-electron chi connectivity index (χ0n) is 17.4. The number of aromatic nitrogens is 2. The molecule has 32 heavy (non-hydrogen) atoms. The van der Waals surface area contributed by atoms with Crippen LogP contribution in [-0.2, 0) is 6.42 Å². The maximum absolute atomic E-state index is 12.0. The zero-order chi connectivity index (χ0) is 21.9. The van der Waals surface area contributed by atoms with Gasteiger partial charge in [-0.05, 0) is 35.9 Å². The first kappa shape index (κ1) is 19.8. The van der Waals surface area contributed by atoms with Gasteiger partial charge in [0.15, 0.2) is 0 Å². The van der Waals surface area contributed by atoms with Crippen molar-refractivity contribution in [1.82, 2.24) is 9.97 Å². The maximum Gasteiger partial charge on any atom is 0.352 e. The highest BCUT2D eigenvalue weighted by Gasteiger charge is 2.19. The number of benzene rings is 3. The van der Waals surface area contributed by atoms with Crippen LogP contribution in [0, 0.1) is 0 Å².